The molecule has 0 aromatic heterocycles. The number of carbonyl (C=O) groups excluding carboxylic acids is 1. The molecule has 1 fully saturated rings. The summed E-state index contributed by atoms with van der Waals surface area (Å²) in [6, 6.07) is 0.0152. The third-order valence-corrected chi connectivity index (χ3v) is 3.11. The molecule has 15 heavy (non-hydrogen) atoms. The molecule has 2 atom stereocenters. The first-order valence-electron chi connectivity index (χ1n) is 5.88. The topological polar surface area (TPSA) is 52.6 Å². The van der Waals surface area contributed by atoms with Crippen LogP contribution in [0.4, 0.5) is 4.79 Å². The van der Waals surface area contributed by atoms with Crippen molar-refractivity contribution in [3.63, 3.8) is 0 Å². The van der Waals surface area contributed by atoms with Gasteiger partial charge in [0.2, 0.25) is 0 Å². The zero-order valence-electron chi connectivity index (χ0n) is 9.70. The van der Waals surface area contributed by atoms with E-state index in [0.29, 0.717) is 12.5 Å². The van der Waals surface area contributed by atoms with E-state index in [1.54, 1.807) is 4.90 Å². The van der Waals surface area contributed by atoms with E-state index in [2.05, 4.69) is 5.32 Å². The van der Waals surface area contributed by atoms with Crippen molar-refractivity contribution >= 4 is 6.03 Å². The molecule has 2 unspecified atom stereocenters. The third-order valence-electron chi connectivity index (χ3n) is 3.11. The van der Waals surface area contributed by atoms with Gasteiger partial charge in [-0.25, -0.2) is 4.79 Å². The standard InChI is InChI=1S/C11H22N2O2/c1-3-13(4-2)11(15)12-8-9-5-6-10(14)7-9/h9-10,14H,3-8H2,1-2H3,(H,12,15). The minimum atomic E-state index is -0.152. The molecule has 0 spiro atoms. The van der Waals surface area contributed by atoms with Gasteiger partial charge in [-0.1, -0.05) is 0 Å². The zero-order chi connectivity index (χ0) is 11.3. The van der Waals surface area contributed by atoms with Crippen molar-refractivity contribution in [1.29, 1.82) is 0 Å². The Morgan fingerprint density at radius 2 is 2.07 bits per heavy atom. The van der Waals surface area contributed by atoms with Gasteiger partial charge in [-0.05, 0) is 39.0 Å². The Morgan fingerprint density at radius 1 is 1.40 bits per heavy atom. The van der Waals surface area contributed by atoms with Gasteiger partial charge in [-0.3, -0.25) is 0 Å². The van der Waals surface area contributed by atoms with Crippen LogP contribution in [0.25, 0.3) is 0 Å². The van der Waals surface area contributed by atoms with Crippen LogP contribution in [0, 0.1) is 5.92 Å². The Labute approximate surface area is 91.6 Å². The monoisotopic (exact) mass is 214 g/mol. The number of urea groups is 1. The number of hydrogen-bond donors (Lipinski definition) is 2. The van der Waals surface area contributed by atoms with Gasteiger partial charge in [-0.15, -0.1) is 0 Å². The Hall–Kier alpha value is -0.770. The van der Waals surface area contributed by atoms with Crippen molar-refractivity contribution < 1.29 is 9.90 Å². The fraction of sp³-hybridized carbons (Fsp3) is 0.909. The summed E-state index contributed by atoms with van der Waals surface area (Å²) in [4.78, 5) is 13.4. The lowest BCUT2D eigenvalue weighted by Gasteiger charge is -2.20. The molecule has 0 aromatic rings. The second-order valence-corrected chi connectivity index (χ2v) is 4.19. The van der Waals surface area contributed by atoms with E-state index in [-0.39, 0.29) is 12.1 Å². The Morgan fingerprint density at radius 3 is 2.53 bits per heavy atom. The number of aliphatic hydroxyl groups excluding tert-OH is 1. The molecule has 1 aliphatic rings. The van der Waals surface area contributed by atoms with Crippen LogP contribution < -0.4 is 5.32 Å². The minimum absolute atomic E-state index is 0.0152. The number of nitrogens with zero attached hydrogens (tertiary/aromatic N) is 1. The number of amides is 2. The summed E-state index contributed by atoms with van der Waals surface area (Å²) in [6.45, 7) is 6.14. The molecule has 0 saturated heterocycles. The Bertz CT molecular complexity index is 205. The second-order valence-electron chi connectivity index (χ2n) is 4.19. The summed E-state index contributed by atoms with van der Waals surface area (Å²) in [5.41, 5.74) is 0. The summed E-state index contributed by atoms with van der Waals surface area (Å²) in [5, 5.41) is 12.3. The van der Waals surface area contributed by atoms with Gasteiger partial charge < -0.3 is 15.3 Å². The Balaban J connectivity index is 2.21. The molecule has 0 aromatic carbocycles. The fourth-order valence-corrected chi connectivity index (χ4v) is 2.09. The van der Waals surface area contributed by atoms with E-state index >= 15 is 0 Å². The van der Waals surface area contributed by atoms with Gasteiger partial charge >= 0.3 is 6.03 Å². The maximum atomic E-state index is 11.6. The summed E-state index contributed by atoms with van der Waals surface area (Å²) in [6.07, 6.45) is 2.59. The van der Waals surface area contributed by atoms with Crippen molar-refractivity contribution in [3.05, 3.63) is 0 Å². The van der Waals surface area contributed by atoms with Gasteiger partial charge in [0.15, 0.2) is 0 Å². The van der Waals surface area contributed by atoms with Crippen LogP contribution in [0.15, 0.2) is 0 Å². The number of carbonyl (C=O) groups is 1. The average Bonchev–Trinajstić information content (AvgIpc) is 2.63. The average molecular weight is 214 g/mol. The first kappa shape index (κ1) is 12.3. The third kappa shape index (κ3) is 3.70. The SMILES string of the molecule is CCN(CC)C(=O)NCC1CCC(O)C1. The minimum Gasteiger partial charge on any atom is -0.393 e. The van der Waals surface area contributed by atoms with Gasteiger partial charge in [0, 0.05) is 19.6 Å². The van der Waals surface area contributed by atoms with E-state index < -0.39 is 0 Å². The van der Waals surface area contributed by atoms with Crippen LogP contribution in [0.2, 0.25) is 0 Å². The largest absolute Gasteiger partial charge is 0.393 e. The highest BCUT2D eigenvalue weighted by Gasteiger charge is 2.23. The highest BCUT2D eigenvalue weighted by Crippen LogP contribution is 2.24. The van der Waals surface area contributed by atoms with Crippen molar-refractivity contribution in [3.8, 4) is 0 Å². The summed E-state index contributed by atoms with van der Waals surface area (Å²) in [5.74, 6) is 0.458. The molecule has 0 bridgehead atoms. The van der Waals surface area contributed by atoms with Crippen molar-refractivity contribution in [1.82, 2.24) is 10.2 Å². The second kappa shape index (κ2) is 5.95. The first-order chi connectivity index (χ1) is 7.17. The predicted molar refractivity (Wildman–Crippen MR) is 59.7 cm³/mol. The molecule has 4 heteroatoms. The number of hydrogen-bond acceptors (Lipinski definition) is 2. The maximum Gasteiger partial charge on any atom is 0.317 e. The lowest BCUT2D eigenvalue weighted by molar-refractivity contribution is 0.175. The summed E-state index contributed by atoms with van der Waals surface area (Å²) < 4.78 is 0. The van der Waals surface area contributed by atoms with Gasteiger partial charge in [0.05, 0.1) is 6.10 Å². The van der Waals surface area contributed by atoms with E-state index in [1.165, 1.54) is 0 Å². The van der Waals surface area contributed by atoms with Crippen LogP contribution in [0.3, 0.4) is 0 Å². The molecule has 2 amide bonds. The lowest BCUT2D eigenvalue weighted by atomic mass is 10.1. The molecule has 1 aliphatic carbocycles. The number of aliphatic hydroxyl groups is 1. The van der Waals surface area contributed by atoms with Crippen LogP contribution in [0.1, 0.15) is 33.1 Å². The summed E-state index contributed by atoms with van der Waals surface area (Å²) >= 11 is 0. The maximum absolute atomic E-state index is 11.6. The Kier molecular flexibility index (Phi) is 4.88. The molecule has 1 saturated carbocycles. The predicted octanol–water partition coefficient (Wildman–Crippen LogP) is 1.20. The molecule has 1 rings (SSSR count). The zero-order valence-corrected chi connectivity index (χ0v) is 9.70. The molecular formula is C11H22N2O2. The van der Waals surface area contributed by atoms with Crippen LogP contribution >= 0.6 is 0 Å². The number of nitrogens with one attached hydrogen (secondary N) is 1. The van der Waals surface area contributed by atoms with Gasteiger partial charge in [-0.2, -0.15) is 0 Å². The van der Waals surface area contributed by atoms with E-state index in [1.807, 2.05) is 13.8 Å². The van der Waals surface area contributed by atoms with Crippen molar-refractivity contribution in [2.45, 2.75) is 39.2 Å². The molecule has 0 aliphatic heterocycles. The van der Waals surface area contributed by atoms with Crippen LogP contribution in [0.5, 0.6) is 0 Å². The molecule has 0 radical (unpaired) electrons. The first-order valence-corrected chi connectivity index (χ1v) is 5.88. The summed E-state index contributed by atoms with van der Waals surface area (Å²) in [7, 11) is 0. The normalized spacial score (nSPS) is 25.3. The molecule has 88 valence electrons. The van der Waals surface area contributed by atoms with Crippen molar-refractivity contribution in [2.24, 2.45) is 5.92 Å². The molecule has 0 heterocycles. The van der Waals surface area contributed by atoms with Crippen molar-refractivity contribution in [2.75, 3.05) is 19.6 Å². The fourth-order valence-electron chi connectivity index (χ4n) is 2.09. The van der Waals surface area contributed by atoms with E-state index in [0.717, 1.165) is 32.4 Å². The van der Waals surface area contributed by atoms with Crippen LogP contribution in [-0.2, 0) is 0 Å². The highest BCUT2D eigenvalue weighted by molar-refractivity contribution is 5.74. The highest BCUT2D eigenvalue weighted by atomic mass is 16.3. The van der Waals surface area contributed by atoms with E-state index in [4.69, 9.17) is 0 Å². The quantitative estimate of drug-likeness (QED) is 0.739. The van der Waals surface area contributed by atoms with Gasteiger partial charge in [0.1, 0.15) is 0 Å². The van der Waals surface area contributed by atoms with Gasteiger partial charge in [0.25, 0.3) is 0 Å². The molecule has 2 N–H and O–H groups in total. The van der Waals surface area contributed by atoms with E-state index in [9.17, 15) is 9.90 Å². The molecular weight excluding hydrogens is 192 g/mol. The van der Waals surface area contributed by atoms with Crippen LogP contribution in [-0.4, -0.2) is 41.8 Å². The molecule has 4 nitrogen and oxygen atoms in total. The lowest BCUT2D eigenvalue weighted by Crippen LogP contribution is -2.41. The number of rotatable bonds is 4. The smallest absolute Gasteiger partial charge is 0.317 e.